The Morgan fingerprint density at radius 3 is 2.78 bits per heavy atom. The van der Waals surface area contributed by atoms with Crippen molar-refractivity contribution in [1.82, 2.24) is 15.0 Å². The Kier molecular flexibility index (Phi) is 2.68. The van der Waals surface area contributed by atoms with Gasteiger partial charge in [0.15, 0.2) is 0 Å². The summed E-state index contributed by atoms with van der Waals surface area (Å²) < 4.78 is 0. The van der Waals surface area contributed by atoms with Crippen LogP contribution in [0.5, 0.6) is 0 Å². The van der Waals surface area contributed by atoms with Gasteiger partial charge in [0.2, 0.25) is 0 Å². The Morgan fingerprint density at radius 2 is 1.89 bits per heavy atom. The summed E-state index contributed by atoms with van der Waals surface area (Å²) in [7, 11) is 0. The molecule has 0 aliphatic carbocycles. The number of rotatable bonds is 1. The molecule has 4 heteroatoms. The number of aromatic nitrogens is 3. The van der Waals surface area contributed by atoms with E-state index in [1.165, 1.54) is 6.33 Å². The fourth-order valence-corrected chi connectivity index (χ4v) is 2.05. The van der Waals surface area contributed by atoms with E-state index >= 15 is 0 Å². The fourth-order valence-electron chi connectivity index (χ4n) is 1.92. The number of benzene rings is 1. The van der Waals surface area contributed by atoms with Crippen molar-refractivity contribution in [2.45, 2.75) is 6.92 Å². The zero-order valence-electron chi connectivity index (χ0n) is 9.76. The number of hydrogen-bond donors (Lipinski definition) is 0. The maximum atomic E-state index is 6.01. The summed E-state index contributed by atoms with van der Waals surface area (Å²) >= 11 is 6.01. The van der Waals surface area contributed by atoms with Gasteiger partial charge in [-0.25, -0.2) is 9.97 Å². The molecule has 0 unspecified atom stereocenters. The standard InChI is InChI=1S/C14H10ClN3/c1-9-13(17-8-18-14(9)15)11-6-10-4-2-3-5-12(10)16-7-11/h2-8H,1H3. The molecule has 0 saturated carbocycles. The highest BCUT2D eigenvalue weighted by Crippen LogP contribution is 2.26. The molecule has 1 aromatic carbocycles. The molecule has 0 spiro atoms. The quantitative estimate of drug-likeness (QED) is 0.623. The largest absolute Gasteiger partial charge is 0.256 e. The van der Waals surface area contributed by atoms with Gasteiger partial charge >= 0.3 is 0 Å². The summed E-state index contributed by atoms with van der Waals surface area (Å²) in [4.78, 5) is 12.7. The van der Waals surface area contributed by atoms with Crippen LogP contribution in [0.4, 0.5) is 0 Å². The third-order valence-corrected chi connectivity index (χ3v) is 3.27. The summed E-state index contributed by atoms with van der Waals surface area (Å²) in [5, 5.41) is 1.57. The Morgan fingerprint density at radius 1 is 1.06 bits per heavy atom. The van der Waals surface area contributed by atoms with Crippen molar-refractivity contribution < 1.29 is 0 Å². The molecule has 3 rings (SSSR count). The minimum atomic E-state index is 0.480. The van der Waals surface area contributed by atoms with Crippen molar-refractivity contribution in [2.24, 2.45) is 0 Å². The summed E-state index contributed by atoms with van der Waals surface area (Å²) in [5.74, 6) is 0. The molecule has 3 nitrogen and oxygen atoms in total. The Bertz CT molecular complexity index is 725. The van der Waals surface area contributed by atoms with Crippen molar-refractivity contribution in [3.8, 4) is 11.3 Å². The van der Waals surface area contributed by atoms with Gasteiger partial charge in [-0.05, 0) is 19.1 Å². The second-order valence-corrected chi connectivity index (χ2v) is 4.41. The molecular weight excluding hydrogens is 246 g/mol. The normalized spacial score (nSPS) is 10.8. The average Bonchev–Trinajstić information content (AvgIpc) is 2.41. The molecule has 0 amide bonds. The number of para-hydroxylation sites is 1. The van der Waals surface area contributed by atoms with Gasteiger partial charge in [-0.2, -0.15) is 0 Å². The number of nitrogens with zero attached hydrogens (tertiary/aromatic N) is 3. The van der Waals surface area contributed by atoms with Gasteiger partial charge in [-0.15, -0.1) is 0 Å². The molecule has 0 saturated heterocycles. The highest BCUT2D eigenvalue weighted by atomic mass is 35.5. The fraction of sp³-hybridized carbons (Fsp3) is 0.0714. The van der Waals surface area contributed by atoms with E-state index in [-0.39, 0.29) is 0 Å². The van der Waals surface area contributed by atoms with Crippen LogP contribution in [0.15, 0.2) is 42.9 Å². The molecular formula is C14H10ClN3. The first-order valence-corrected chi connectivity index (χ1v) is 5.96. The van der Waals surface area contributed by atoms with Crippen LogP contribution in [-0.4, -0.2) is 15.0 Å². The first kappa shape index (κ1) is 11.1. The van der Waals surface area contributed by atoms with Crippen molar-refractivity contribution in [2.75, 3.05) is 0 Å². The lowest BCUT2D eigenvalue weighted by molar-refractivity contribution is 1.13. The first-order valence-electron chi connectivity index (χ1n) is 5.58. The molecule has 0 atom stereocenters. The predicted molar refractivity (Wildman–Crippen MR) is 72.5 cm³/mol. The Hall–Kier alpha value is -2.00. The summed E-state index contributed by atoms with van der Waals surface area (Å²) in [6, 6.07) is 10.0. The van der Waals surface area contributed by atoms with E-state index in [1.807, 2.05) is 37.4 Å². The van der Waals surface area contributed by atoms with Gasteiger partial charge in [-0.3, -0.25) is 4.98 Å². The van der Waals surface area contributed by atoms with E-state index in [0.717, 1.165) is 27.7 Å². The number of halogens is 1. The summed E-state index contributed by atoms with van der Waals surface area (Å²) in [6.07, 6.45) is 3.29. The molecule has 0 fully saturated rings. The Labute approximate surface area is 109 Å². The lowest BCUT2D eigenvalue weighted by atomic mass is 10.1. The van der Waals surface area contributed by atoms with E-state index in [4.69, 9.17) is 11.6 Å². The monoisotopic (exact) mass is 255 g/mol. The summed E-state index contributed by atoms with van der Waals surface area (Å²) in [6.45, 7) is 1.91. The van der Waals surface area contributed by atoms with Crippen LogP contribution < -0.4 is 0 Å². The van der Waals surface area contributed by atoms with Crippen molar-refractivity contribution in [3.63, 3.8) is 0 Å². The van der Waals surface area contributed by atoms with E-state index in [9.17, 15) is 0 Å². The van der Waals surface area contributed by atoms with Crippen LogP contribution in [0.2, 0.25) is 5.15 Å². The second kappa shape index (κ2) is 4.35. The molecule has 2 heterocycles. The van der Waals surface area contributed by atoms with Crippen LogP contribution in [-0.2, 0) is 0 Å². The first-order chi connectivity index (χ1) is 8.75. The number of hydrogen-bond acceptors (Lipinski definition) is 3. The lowest BCUT2D eigenvalue weighted by Gasteiger charge is -2.06. The molecule has 3 aromatic rings. The number of fused-ring (bicyclic) bond motifs is 1. The van der Waals surface area contributed by atoms with Crippen LogP contribution >= 0.6 is 11.6 Å². The second-order valence-electron chi connectivity index (χ2n) is 4.05. The summed E-state index contributed by atoms with van der Waals surface area (Å²) in [5.41, 5.74) is 3.62. The maximum absolute atomic E-state index is 6.01. The van der Waals surface area contributed by atoms with Crippen molar-refractivity contribution in [3.05, 3.63) is 53.6 Å². The van der Waals surface area contributed by atoms with Gasteiger partial charge < -0.3 is 0 Å². The molecule has 0 N–H and O–H groups in total. The molecule has 0 aliphatic heterocycles. The van der Waals surface area contributed by atoms with Crippen LogP contribution in [0.25, 0.3) is 22.2 Å². The molecule has 88 valence electrons. The topological polar surface area (TPSA) is 38.7 Å². The number of pyridine rings is 1. The molecule has 18 heavy (non-hydrogen) atoms. The highest BCUT2D eigenvalue weighted by Gasteiger charge is 2.08. The zero-order chi connectivity index (χ0) is 12.5. The third kappa shape index (κ3) is 1.83. The van der Waals surface area contributed by atoms with Gasteiger partial charge in [0.05, 0.1) is 11.2 Å². The van der Waals surface area contributed by atoms with E-state index in [2.05, 4.69) is 21.0 Å². The third-order valence-electron chi connectivity index (χ3n) is 2.89. The smallest absolute Gasteiger partial charge is 0.135 e. The zero-order valence-corrected chi connectivity index (χ0v) is 10.5. The predicted octanol–water partition coefficient (Wildman–Crippen LogP) is 3.65. The minimum Gasteiger partial charge on any atom is -0.256 e. The van der Waals surface area contributed by atoms with Crippen LogP contribution in [0.1, 0.15) is 5.56 Å². The van der Waals surface area contributed by atoms with E-state index < -0.39 is 0 Å². The minimum absolute atomic E-state index is 0.480. The molecule has 0 radical (unpaired) electrons. The van der Waals surface area contributed by atoms with Gasteiger partial charge in [0, 0.05) is 22.7 Å². The molecule has 2 aromatic heterocycles. The van der Waals surface area contributed by atoms with Crippen molar-refractivity contribution >= 4 is 22.5 Å². The van der Waals surface area contributed by atoms with Gasteiger partial charge in [-0.1, -0.05) is 29.8 Å². The van der Waals surface area contributed by atoms with Crippen molar-refractivity contribution in [1.29, 1.82) is 0 Å². The average molecular weight is 256 g/mol. The lowest BCUT2D eigenvalue weighted by Crippen LogP contribution is -1.92. The SMILES string of the molecule is Cc1c(Cl)ncnc1-c1cnc2ccccc2c1. The maximum Gasteiger partial charge on any atom is 0.135 e. The van der Waals surface area contributed by atoms with E-state index in [1.54, 1.807) is 0 Å². The highest BCUT2D eigenvalue weighted by molar-refractivity contribution is 6.30. The molecule has 0 bridgehead atoms. The van der Waals surface area contributed by atoms with Gasteiger partial charge in [0.1, 0.15) is 11.5 Å². The Balaban J connectivity index is 2.22. The van der Waals surface area contributed by atoms with Gasteiger partial charge in [0.25, 0.3) is 0 Å². The van der Waals surface area contributed by atoms with E-state index in [0.29, 0.717) is 5.15 Å². The molecule has 0 aliphatic rings. The van der Waals surface area contributed by atoms with Crippen LogP contribution in [0, 0.1) is 6.92 Å². The van der Waals surface area contributed by atoms with Crippen LogP contribution in [0.3, 0.4) is 0 Å².